The van der Waals surface area contributed by atoms with Crippen LogP contribution in [-0.4, -0.2) is 48.6 Å². The van der Waals surface area contributed by atoms with Crippen molar-refractivity contribution in [2.75, 3.05) is 31.3 Å². The Morgan fingerprint density at radius 3 is 2.90 bits per heavy atom. The molecule has 1 aromatic rings. The van der Waals surface area contributed by atoms with Gasteiger partial charge in [-0.1, -0.05) is 11.3 Å². The first-order valence-electron chi connectivity index (χ1n) is 7.05. The van der Waals surface area contributed by atoms with Crippen molar-refractivity contribution in [1.82, 2.24) is 10.2 Å². The number of anilines is 1. The van der Waals surface area contributed by atoms with Gasteiger partial charge in [0.1, 0.15) is 5.01 Å². The van der Waals surface area contributed by atoms with E-state index in [4.69, 9.17) is 9.47 Å². The van der Waals surface area contributed by atoms with E-state index in [9.17, 15) is 4.79 Å². The second-order valence-electron chi connectivity index (χ2n) is 5.25. The molecule has 2 aliphatic heterocycles. The van der Waals surface area contributed by atoms with E-state index >= 15 is 0 Å². The Hall–Kier alpha value is -1.05. The number of carbonyl (C=O) groups excluding carboxylic acids is 1. The fourth-order valence-corrected chi connectivity index (χ4v) is 3.30. The molecule has 0 radical (unpaired) electrons. The van der Waals surface area contributed by atoms with Crippen LogP contribution in [0.25, 0.3) is 0 Å². The van der Waals surface area contributed by atoms with Gasteiger partial charge < -0.3 is 9.47 Å². The molecule has 0 saturated carbocycles. The number of aromatic nitrogens is 2. The van der Waals surface area contributed by atoms with E-state index in [0.717, 1.165) is 30.9 Å². The standard InChI is InChI=1S/C13H19N3O3S/c1-9-14-15-13(20-9)16(7-11-3-2-5-19-11)12(17)10-4-6-18-8-10/h10-11H,2-8H2,1H3. The molecule has 0 aromatic carbocycles. The Kier molecular flexibility index (Phi) is 4.28. The van der Waals surface area contributed by atoms with Crippen LogP contribution in [0.2, 0.25) is 0 Å². The maximum Gasteiger partial charge on any atom is 0.234 e. The van der Waals surface area contributed by atoms with E-state index in [1.54, 1.807) is 4.90 Å². The first-order chi connectivity index (χ1) is 9.74. The molecular formula is C13H19N3O3S. The number of ether oxygens (including phenoxy) is 2. The minimum atomic E-state index is -0.0550. The number of hydrogen-bond donors (Lipinski definition) is 0. The lowest BCUT2D eigenvalue weighted by molar-refractivity contribution is -0.122. The summed E-state index contributed by atoms with van der Waals surface area (Å²) < 4.78 is 11.0. The van der Waals surface area contributed by atoms with E-state index < -0.39 is 0 Å². The first kappa shape index (κ1) is 13.9. The lowest BCUT2D eigenvalue weighted by Crippen LogP contribution is -2.41. The van der Waals surface area contributed by atoms with Crippen LogP contribution in [0.5, 0.6) is 0 Å². The summed E-state index contributed by atoms with van der Waals surface area (Å²) in [6, 6.07) is 0. The zero-order valence-electron chi connectivity index (χ0n) is 11.6. The maximum atomic E-state index is 12.7. The SMILES string of the molecule is Cc1nnc(N(CC2CCCO2)C(=O)C2CCOC2)s1. The summed E-state index contributed by atoms with van der Waals surface area (Å²) >= 11 is 1.45. The summed E-state index contributed by atoms with van der Waals surface area (Å²) in [5.41, 5.74) is 0. The van der Waals surface area contributed by atoms with Crippen LogP contribution in [-0.2, 0) is 14.3 Å². The summed E-state index contributed by atoms with van der Waals surface area (Å²) in [5, 5.41) is 9.70. The molecule has 0 aliphatic carbocycles. The van der Waals surface area contributed by atoms with Crippen LogP contribution in [0.15, 0.2) is 0 Å². The molecule has 1 aromatic heterocycles. The molecule has 2 aliphatic rings. The average Bonchev–Trinajstić information content (AvgIpc) is 3.17. The number of nitrogens with zero attached hydrogens (tertiary/aromatic N) is 3. The highest BCUT2D eigenvalue weighted by Gasteiger charge is 2.32. The predicted molar refractivity (Wildman–Crippen MR) is 74.9 cm³/mol. The third kappa shape index (κ3) is 2.99. The van der Waals surface area contributed by atoms with Gasteiger partial charge in [0.25, 0.3) is 0 Å². The van der Waals surface area contributed by atoms with Crippen LogP contribution in [0.3, 0.4) is 0 Å². The molecule has 2 saturated heterocycles. The number of amides is 1. The second-order valence-corrected chi connectivity index (χ2v) is 6.41. The minimum absolute atomic E-state index is 0.0550. The molecule has 6 nitrogen and oxygen atoms in total. The van der Waals surface area contributed by atoms with Crippen LogP contribution in [0, 0.1) is 12.8 Å². The van der Waals surface area contributed by atoms with Crippen LogP contribution in [0.1, 0.15) is 24.3 Å². The molecule has 0 spiro atoms. The highest BCUT2D eigenvalue weighted by Crippen LogP contribution is 2.26. The fourth-order valence-electron chi connectivity index (χ4n) is 2.60. The minimum Gasteiger partial charge on any atom is -0.381 e. The molecule has 0 N–H and O–H groups in total. The van der Waals surface area contributed by atoms with Gasteiger partial charge in [0, 0.05) is 13.2 Å². The molecule has 2 atom stereocenters. The van der Waals surface area contributed by atoms with Gasteiger partial charge in [-0.3, -0.25) is 9.69 Å². The van der Waals surface area contributed by atoms with Gasteiger partial charge in [0.2, 0.25) is 11.0 Å². The lowest BCUT2D eigenvalue weighted by atomic mass is 10.1. The average molecular weight is 297 g/mol. The highest BCUT2D eigenvalue weighted by molar-refractivity contribution is 7.15. The third-order valence-electron chi connectivity index (χ3n) is 3.70. The molecule has 2 unspecified atom stereocenters. The van der Waals surface area contributed by atoms with E-state index in [2.05, 4.69) is 10.2 Å². The summed E-state index contributed by atoms with van der Waals surface area (Å²) in [6.07, 6.45) is 2.97. The Morgan fingerprint density at radius 1 is 1.40 bits per heavy atom. The zero-order valence-corrected chi connectivity index (χ0v) is 12.4. The number of aryl methyl sites for hydroxylation is 1. The van der Waals surface area contributed by atoms with Gasteiger partial charge >= 0.3 is 0 Å². The number of hydrogen-bond acceptors (Lipinski definition) is 6. The Morgan fingerprint density at radius 2 is 2.30 bits per heavy atom. The van der Waals surface area contributed by atoms with Crippen molar-refractivity contribution in [2.45, 2.75) is 32.3 Å². The summed E-state index contributed by atoms with van der Waals surface area (Å²) in [4.78, 5) is 14.4. The molecule has 20 heavy (non-hydrogen) atoms. The van der Waals surface area contributed by atoms with E-state index in [-0.39, 0.29) is 17.9 Å². The smallest absolute Gasteiger partial charge is 0.234 e. The van der Waals surface area contributed by atoms with Crippen molar-refractivity contribution in [1.29, 1.82) is 0 Å². The van der Waals surface area contributed by atoms with Crippen molar-refractivity contribution in [3.05, 3.63) is 5.01 Å². The number of rotatable bonds is 4. The number of carbonyl (C=O) groups is 1. The summed E-state index contributed by atoms with van der Waals surface area (Å²) in [7, 11) is 0. The normalized spacial score (nSPS) is 26.1. The maximum absolute atomic E-state index is 12.7. The Balaban J connectivity index is 1.76. The van der Waals surface area contributed by atoms with Crippen molar-refractivity contribution >= 4 is 22.4 Å². The Labute approximate surface area is 122 Å². The van der Waals surface area contributed by atoms with Crippen molar-refractivity contribution in [3.63, 3.8) is 0 Å². The highest BCUT2D eigenvalue weighted by atomic mass is 32.1. The summed E-state index contributed by atoms with van der Waals surface area (Å²) in [5.74, 6) is 0.0368. The topological polar surface area (TPSA) is 64.5 Å². The summed E-state index contributed by atoms with van der Waals surface area (Å²) in [6.45, 7) is 4.44. The molecule has 2 fully saturated rings. The van der Waals surface area contributed by atoms with Crippen LogP contribution >= 0.6 is 11.3 Å². The molecule has 7 heteroatoms. The quantitative estimate of drug-likeness (QED) is 0.840. The second kappa shape index (κ2) is 6.15. The van der Waals surface area contributed by atoms with Gasteiger partial charge in [-0.15, -0.1) is 10.2 Å². The first-order valence-corrected chi connectivity index (χ1v) is 7.86. The molecule has 1 amide bonds. The zero-order chi connectivity index (χ0) is 13.9. The van der Waals surface area contributed by atoms with Gasteiger partial charge in [-0.2, -0.15) is 0 Å². The molecular weight excluding hydrogens is 278 g/mol. The molecule has 3 rings (SSSR count). The van der Waals surface area contributed by atoms with E-state index in [0.29, 0.717) is 24.9 Å². The monoisotopic (exact) mass is 297 g/mol. The van der Waals surface area contributed by atoms with Gasteiger partial charge in [-0.05, 0) is 26.2 Å². The fraction of sp³-hybridized carbons (Fsp3) is 0.769. The lowest BCUT2D eigenvalue weighted by Gasteiger charge is -2.24. The Bertz CT molecular complexity index is 467. The van der Waals surface area contributed by atoms with Gasteiger partial charge in [0.05, 0.1) is 25.2 Å². The van der Waals surface area contributed by atoms with Crippen molar-refractivity contribution in [3.8, 4) is 0 Å². The van der Waals surface area contributed by atoms with Gasteiger partial charge in [0.15, 0.2) is 0 Å². The third-order valence-corrected chi connectivity index (χ3v) is 4.56. The predicted octanol–water partition coefficient (Wildman–Crippen LogP) is 1.40. The molecule has 110 valence electrons. The van der Waals surface area contributed by atoms with Crippen LogP contribution < -0.4 is 4.90 Å². The van der Waals surface area contributed by atoms with Gasteiger partial charge in [-0.25, -0.2) is 0 Å². The van der Waals surface area contributed by atoms with Crippen LogP contribution in [0.4, 0.5) is 5.13 Å². The largest absolute Gasteiger partial charge is 0.381 e. The van der Waals surface area contributed by atoms with E-state index in [1.165, 1.54) is 11.3 Å². The molecule has 0 bridgehead atoms. The van der Waals surface area contributed by atoms with Crippen molar-refractivity contribution in [2.24, 2.45) is 5.92 Å². The molecule has 3 heterocycles. The van der Waals surface area contributed by atoms with Crippen molar-refractivity contribution < 1.29 is 14.3 Å². The van der Waals surface area contributed by atoms with E-state index in [1.807, 2.05) is 6.92 Å².